The molecule has 2 aromatic carbocycles. The van der Waals surface area contributed by atoms with Crippen molar-refractivity contribution in [3.63, 3.8) is 0 Å². The lowest BCUT2D eigenvalue weighted by atomic mass is 10.1. The predicted octanol–water partition coefficient (Wildman–Crippen LogP) is 5.10. The van der Waals surface area contributed by atoms with Crippen molar-refractivity contribution < 1.29 is 0 Å². The molecule has 0 aliphatic rings. The minimum absolute atomic E-state index is 0.0149. The third-order valence-corrected chi connectivity index (χ3v) is 3.46. The molecule has 94 valence electrons. The molecule has 0 aliphatic carbocycles. The number of para-hydroxylation sites is 1. The van der Waals surface area contributed by atoms with Crippen LogP contribution in [0.2, 0.25) is 0 Å². The van der Waals surface area contributed by atoms with Gasteiger partial charge in [0.1, 0.15) is 0 Å². The van der Waals surface area contributed by atoms with Gasteiger partial charge in [0.15, 0.2) is 5.69 Å². The Morgan fingerprint density at radius 3 is 2.32 bits per heavy atom. The summed E-state index contributed by atoms with van der Waals surface area (Å²) in [4.78, 5) is 3.54. The lowest BCUT2D eigenvalue weighted by Gasteiger charge is -2.24. The Hall–Kier alpha value is -2.27. The van der Waals surface area contributed by atoms with Crippen LogP contribution in [-0.4, -0.2) is 4.57 Å². The van der Waals surface area contributed by atoms with Gasteiger partial charge in [-0.1, -0.05) is 24.3 Å². The van der Waals surface area contributed by atoms with Crippen LogP contribution < -0.4 is 0 Å². The molecule has 2 nitrogen and oxygen atoms in total. The number of hydrogen-bond donors (Lipinski definition) is 0. The van der Waals surface area contributed by atoms with Crippen LogP contribution in [0.5, 0.6) is 0 Å². The molecule has 0 atom stereocenters. The van der Waals surface area contributed by atoms with Crippen LogP contribution in [0.1, 0.15) is 20.8 Å². The van der Waals surface area contributed by atoms with Gasteiger partial charge in [-0.25, -0.2) is 4.85 Å². The Labute approximate surface area is 113 Å². The second kappa shape index (κ2) is 3.86. The van der Waals surface area contributed by atoms with Crippen molar-refractivity contribution in [2.45, 2.75) is 26.3 Å². The molecule has 3 rings (SSSR count). The minimum atomic E-state index is 0.0149. The number of rotatable bonds is 0. The predicted molar refractivity (Wildman–Crippen MR) is 80.7 cm³/mol. The van der Waals surface area contributed by atoms with Gasteiger partial charge in [0.2, 0.25) is 0 Å². The van der Waals surface area contributed by atoms with Crippen molar-refractivity contribution in [1.82, 2.24) is 4.57 Å². The average molecular weight is 248 g/mol. The van der Waals surface area contributed by atoms with E-state index in [1.807, 2.05) is 12.1 Å². The average Bonchev–Trinajstić information content (AvgIpc) is 2.72. The van der Waals surface area contributed by atoms with E-state index in [1.165, 1.54) is 21.8 Å². The van der Waals surface area contributed by atoms with Gasteiger partial charge in [0, 0.05) is 22.0 Å². The van der Waals surface area contributed by atoms with Gasteiger partial charge in [0.05, 0.1) is 6.57 Å². The molecular formula is C17H16N2. The maximum atomic E-state index is 7.17. The van der Waals surface area contributed by atoms with E-state index >= 15 is 0 Å². The fourth-order valence-corrected chi connectivity index (χ4v) is 2.75. The highest BCUT2D eigenvalue weighted by molar-refractivity contribution is 6.09. The van der Waals surface area contributed by atoms with Crippen LogP contribution in [0.15, 0.2) is 42.5 Å². The quantitative estimate of drug-likeness (QED) is 0.489. The number of benzene rings is 2. The molecule has 2 heteroatoms. The zero-order valence-electron chi connectivity index (χ0n) is 11.4. The zero-order chi connectivity index (χ0) is 13.6. The first kappa shape index (κ1) is 11.8. The molecule has 1 aromatic heterocycles. The molecular weight excluding hydrogens is 232 g/mol. The number of hydrogen-bond acceptors (Lipinski definition) is 0. The minimum Gasteiger partial charge on any atom is -0.335 e. The van der Waals surface area contributed by atoms with E-state index in [-0.39, 0.29) is 5.54 Å². The summed E-state index contributed by atoms with van der Waals surface area (Å²) in [6.07, 6.45) is 0. The molecule has 0 amide bonds. The van der Waals surface area contributed by atoms with Crippen molar-refractivity contribution >= 4 is 27.5 Å². The lowest BCUT2D eigenvalue weighted by molar-refractivity contribution is 0.423. The molecule has 0 fully saturated rings. The highest BCUT2D eigenvalue weighted by Crippen LogP contribution is 2.35. The van der Waals surface area contributed by atoms with Crippen molar-refractivity contribution in [3.8, 4) is 0 Å². The Morgan fingerprint density at radius 1 is 0.947 bits per heavy atom. The second-order valence-corrected chi connectivity index (χ2v) is 5.84. The van der Waals surface area contributed by atoms with Crippen LogP contribution in [0.25, 0.3) is 26.7 Å². The molecule has 19 heavy (non-hydrogen) atoms. The highest BCUT2D eigenvalue weighted by atomic mass is 15.0. The van der Waals surface area contributed by atoms with E-state index in [4.69, 9.17) is 6.57 Å². The van der Waals surface area contributed by atoms with E-state index in [1.54, 1.807) is 0 Å². The second-order valence-electron chi connectivity index (χ2n) is 5.84. The van der Waals surface area contributed by atoms with E-state index in [0.717, 1.165) is 0 Å². The summed E-state index contributed by atoms with van der Waals surface area (Å²) in [5.74, 6) is 0. The zero-order valence-corrected chi connectivity index (χ0v) is 11.4. The molecule has 3 aromatic rings. The number of aromatic nitrogens is 1. The van der Waals surface area contributed by atoms with Gasteiger partial charge in [-0.15, -0.1) is 0 Å². The van der Waals surface area contributed by atoms with Gasteiger partial charge >= 0.3 is 0 Å². The Bertz CT molecular complexity index is 811. The van der Waals surface area contributed by atoms with Gasteiger partial charge in [-0.05, 0) is 44.4 Å². The molecule has 0 unspecified atom stereocenters. The first-order valence-corrected chi connectivity index (χ1v) is 6.43. The lowest BCUT2D eigenvalue weighted by Crippen LogP contribution is -2.21. The molecule has 0 saturated carbocycles. The summed E-state index contributed by atoms with van der Waals surface area (Å²) < 4.78 is 2.35. The maximum absolute atomic E-state index is 7.17. The molecule has 0 bridgehead atoms. The van der Waals surface area contributed by atoms with Crippen molar-refractivity contribution in [2.75, 3.05) is 0 Å². The molecule has 0 saturated heterocycles. The molecule has 0 aliphatic heterocycles. The van der Waals surface area contributed by atoms with Crippen LogP contribution in [-0.2, 0) is 5.54 Å². The van der Waals surface area contributed by atoms with Crippen LogP contribution >= 0.6 is 0 Å². The summed E-state index contributed by atoms with van der Waals surface area (Å²) in [5, 5.41) is 2.39. The third kappa shape index (κ3) is 1.70. The smallest absolute Gasteiger partial charge is 0.188 e. The summed E-state index contributed by atoms with van der Waals surface area (Å²) >= 11 is 0. The van der Waals surface area contributed by atoms with Crippen LogP contribution in [0, 0.1) is 6.57 Å². The fraction of sp³-hybridized carbons (Fsp3) is 0.235. The largest absolute Gasteiger partial charge is 0.335 e. The summed E-state index contributed by atoms with van der Waals surface area (Å²) in [5.41, 5.74) is 3.14. The topological polar surface area (TPSA) is 9.29 Å². The molecule has 1 heterocycles. The maximum Gasteiger partial charge on any atom is 0.188 e. The van der Waals surface area contributed by atoms with Gasteiger partial charge < -0.3 is 4.57 Å². The molecule has 0 radical (unpaired) electrons. The van der Waals surface area contributed by atoms with E-state index in [0.29, 0.717) is 5.69 Å². The Morgan fingerprint density at radius 2 is 1.63 bits per heavy atom. The Kier molecular flexibility index (Phi) is 2.40. The molecule has 0 spiro atoms. The Balaban J connectivity index is 2.56. The molecule has 0 N–H and O–H groups in total. The standard InChI is InChI=1S/C17H16N2/c1-17(2,3)19-15-8-6-5-7-13(15)14-11-12(18-4)9-10-16(14)19/h5-11H,1-3H3. The van der Waals surface area contributed by atoms with Crippen molar-refractivity contribution in [1.29, 1.82) is 0 Å². The SMILES string of the molecule is [C-]#[N+]c1ccc2c(c1)c1ccccc1n2C(C)(C)C. The van der Waals surface area contributed by atoms with Gasteiger partial charge in [0.25, 0.3) is 0 Å². The summed E-state index contributed by atoms with van der Waals surface area (Å²) in [6, 6.07) is 14.4. The van der Waals surface area contributed by atoms with Crippen LogP contribution in [0.3, 0.4) is 0 Å². The third-order valence-electron chi connectivity index (χ3n) is 3.46. The van der Waals surface area contributed by atoms with Crippen molar-refractivity contribution in [2.24, 2.45) is 0 Å². The number of nitrogens with zero attached hydrogens (tertiary/aromatic N) is 2. The van der Waals surface area contributed by atoms with E-state index < -0.39 is 0 Å². The van der Waals surface area contributed by atoms with Gasteiger partial charge in [-0.3, -0.25) is 0 Å². The first-order valence-electron chi connectivity index (χ1n) is 6.43. The van der Waals surface area contributed by atoms with Gasteiger partial charge in [-0.2, -0.15) is 0 Å². The van der Waals surface area contributed by atoms with E-state index in [2.05, 4.69) is 60.5 Å². The van der Waals surface area contributed by atoms with Crippen LogP contribution in [0.4, 0.5) is 5.69 Å². The number of fused-ring (bicyclic) bond motifs is 3. The summed E-state index contributed by atoms with van der Waals surface area (Å²) in [6.45, 7) is 13.8. The van der Waals surface area contributed by atoms with Crippen molar-refractivity contribution in [3.05, 3.63) is 53.9 Å². The summed E-state index contributed by atoms with van der Waals surface area (Å²) in [7, 11) is 0. The van der Waals surface area contributed by atoms with E-state index in [9.17, 15) is 0 Å². The fourth-order valence-electron chi connectivity index (χ4n) is 2.75. The normalized spacial score (nSPS) is 11.9. The monoisotopic (exact) mass is 248 g/mol. The first-order chi connectivity index (χ1) is 9.02. The highest BCUT2D eigenvalue weighted by Gasteiger charge is 2.19.